The summed E-state index contributed by atoms with van der Waals surface area (Å²) < 4.78 is 36.2. The van der Waals surface area contributed by atoms with E-state index in [0.717, 1.165) is 58.0 Å². The molecule has 15 heteroatoms. The molecule has 0 spiro atoms. The van der Waals surface area contributed by atoms with Crippen LogP contribution in [0.4, 0.5) is 28.4 Å². The highest BCUT2D eigenvalue weighted by Gasteiger charge is 2.41. The average molecular weight is 993 g/mol. The number of hydrogen-bond donors (Lipinski definition) is 0. The number of nitrogens with zero attached hydrogens (tertiary/aromatic N) is 6. The third kappa shape index (κ3) is 11.3. The van der Waals surface area contributed by atoms with Gasteiger partial charge in [0.2, 0.25) is 0 Å². The number of aryl methyl sites for hydroxylation is 1. The fourth-order valence-electron chi connectivity index (χ4n) is 10.6. The lowest BCUT2D eigenvalue weighted by molar-refractivity contribution is -0.117. The molecule has 73 heavy (non-hydrogen) atoms. The van der Waals surface area contributed by atoms with E-state index in [0.29, 0.717) is 100 Å². The lowest BCUT2D eigenvalue weighted by atomic mass is 10.1. The van der Waals surface area contributed by atoms with Crippen LogP contribution in [0.1, 0.15) is 68.3 Å². The van der Waals surface area contributed by atoms with E-state index in [1.807, 2.05) is 92.3 Å². The highest BCUT2D eigenvalue weighted by Crippen LogP contribution is 2.43. The third-order valence-electron chi connectivity index (χ3n) is 14.2. The van der Waals surface area contributed by atoms with Gasteiger partial charge in [0.25, 0.3) is 11.8 Å². The van der Waals surface area contributed by atoms with E-state index in [4.69, 9.17) is 28.4 Å². The molecule has 0 bridgehead atoms. The lowest BCUT2D eigenvalue weighted by Crippen LogP contribution is -2.41. The summed E-state index contributed by atoms with van der Waals surface area (Å²) in [5, 5.41) is 0. The van der Waals surface area contributed by atoms with Crippen molar-refractivity contribution in [2.24, 2.45) is 4.99 Å². The van der Waals surface area contributed by atoms with Crippen LogP contribution in [0, 0.1) is 6.92 Å². The van der Waals surface area contributed by atoms with Gasteiger partial charge in [-0.25, -0.2) is 0 Å². The first kappa shape index (κ1) is 51.0. The van der Waals surface area contributed by atoms with E-state index in [-0.39, 0.29) is 49.4 Å². The van der Waals surface area contributed by atoms with Crippen LogP contribution >= 0.6 is 0 Å². The van der Waals surface area contributed by atoms with Gasteiger partial charge < -0.3 is 52.9 Å². The van der Waals surface area contributed by atoms with E-state index < -0.39 is 0 Å². The molecule has 0 aliphatic carbocycles. The summed E-state index contributed by atoms with van der Waals surface area (Å²) in [6.07, 6.45) is 4.27. The number of hydrogen-bond acceptors (Lipinski definition) is 13. The molecule has 5 aromatic rings. The number of ether oxygens (including phenoxy) is 6. The summed E-state index contributed by atoms with van der Waals surface area (Å²) in [6.45, 7) is 9.19. The van der Waals surface area contributed by atoms with E-state index >= 15 is 0 Å². The van der Waals surface area contributed by atoms with Crippen molar-refractivity contribution in [1.29, 1.82) is 0 Å². The molecule has 4 heterocycles. The number of amides is 2. The maximum absolute atomic E-state index is 14.4. The van der Waals surface area contributed by atoms with Gasteiger partial charge >= 0.3 is 0 Å². The fourth-order valence-corrected chi connectivity index (χ4v) is 10.6. The standard InChI is InChI=1S/C58H68N6O9/c1-7-59-34-47(65)15-12-18-62(19-20-70-23-24-71-22-21-68-5)44-27-40(37-72-54-32-52-48(25-39(54)2)57(66)63-45(35-60(52)3)29-42-13-8-10-16-50(42)63)26-41(28-44)38-73-56-33-53-49(31-55(56)69-6)58(67)64-46(36-61(53)4)30-43-14-9-11-17-51(43)64/h7-11,13-14,16-17,25-28,31-33,45-46H,12,15,18-24,29-30,34-38H2,1-6H3/t45-,46-/m0/s1. The van der Waals surface area contributed by atoms with Gasteiger partial charge in [-0.1, -0.05) is 36.4 Å². The number of benzene rings is 5. The number of carbonyl (C=O) groups is 3. The Labute approximate surface area is 429 Å². The summed E-state index contributed by atoms with van der Waals surface area (Å²) in [6, 6.07) is 30.3. The lowest BCUT2D eigenvalue weighted by Gasteiger charge is -2.27. The Hall–Kier alpha value is -6.94. The number of Topliss-reactive ketones (excluding diaryl/α,β-unsaturated/α-hetero) is 1. The highest BCUT2D eigenvalue weighted by atomic mass is 16.5. The zero-order valence-corrected chi connectivity index (χ0v) is 43.1. The normalized spacial score (nSPS) is 16.6. The number of methoxy groups -OCH3 is 2. The van der Waals surface area contributed by atoms with Crippen LogP contribution in [0.3, 0.4) is 0 Å². The van der Waals surface area contributed by atoms with Gasteiger partial charge in [-0.2, -0.15) is 0 Å². The first-order valence-corrected chi connectivity index (χ1v) is 25.4. The van der Waals surface area contributed by atoms with Crippen molar-refractivity contribution in [2.45, 2.75) is 64.8 Å². The zero-order valence-electron chi connectivity index (χ0n) is 43.1. The van der Waals surface area contributed by atoms with Crippen LogP contribution in [0.2, 0.25) is 0 Å². The fraction of sp³-hybridized carbons (Fsp3) is 0.414. The summed E-state index contributed by atoms with van der Waals surface area (Å²) in [4.78, 5) is 56.0. The second-order valence-electron chi connectivity index (χ2n) is 19.3. The largest absolute Gasteiger partial charge is 0.493 e. The summed E-state index contributed by atoms with van der Waals surface area (Å²) in [7, 11) is 7.30. The maximum Gasteiger partial charge on any atom is 0.260 e. The average Bonchev–Trinajstić information content (AvgIpc) is 3.90. The first-order chi connectivity index (χ1) is 35.5. The second-order valence-corrected chi connectivity index (χ2v) is 19.3. The number of anilines is 5. The predicted molar refractivity (Wildman–Crippen MR) is 286 cm³/mol. The molecule has 0 unspecified atom stereocenters. The number of likely N-dealkylation sites (N-methyl/N-ethyl adjacent to an activating group) is 2. The van der Waals surface area contributed by atoms with E-state index in [9.17, 15) is 14.4 Å². The van der Waals surface area contributed by atoms with Crippen molar-refractivity contribution in [1.82, 2.24) is 0 Å². The smallest absolute Gasteiger partial charge is 0.260 e. The minimum Gasteiger partial charge on any atom is -0.493 e. The molecule has 15 nitrogen and oxygen atoms in total. The predicted octanol–water partition coefficient (Wildman–Crippen LogP) is 8.13. The summed E-state index contributed by atoms with van der Waals surface area (Å²) >= 11 is 0. The zero-order chi connectivity index (χ0) is 51.0. The molecule has 0 radical (unpaired) electrons. The molecule has 5 aromatic carbocycles. The third-order valence-corrected chi connectivity index (χ3v) is 14.2. The van der Waals surface area contributed by atoms with Crippen LogP contribution in [0.25, 0.3) is 0 Å². The Morgan fingerprint density at radius 1 is 0.671 bits per heavy atom. The Morgan fingerprint density at radius 3 is 1.84 bits per heavy atom. The molecule has 0 fully saturated rings. The van der Waals surface area contributed by atoms with Crippen LogP contribution in [-0.2, 0) is 45.1 Å². The Balaban J connectivity index is 0.996. The monoisotopic (exact) mass is 993 g/mol. The first-order valence-electron chi connectivity index (χ1n) is 25.4. The maximum atomic E-state index is 14.4. The molecule has 4 aliphatic rings. The number of fused-ring (bicyclic) bond motifs is 8. The van der Waals surface area contributed by atoms with Crippen LogP contribution in [0.5, 0.6) is 17.2 Å². The number of ketones is 1. The second kappa shape index (κ2) is 23.3. The summed E-state index contributed by atoms with van der Waals surface area (Å²) in [5.41, 5.74) is 10.7. The van der Waals surface area contributed by atoms with Gasteiger partial charge in [-0.3, -0.25) is 19.4 Å². The van der Waals surface area contributed by atoms with Gasteiger partial charge in [0.15, 0.2) is 17.3 Å². The molecule has 4 aliphatic heterocycles. The van der Waals surface area contributed by atoms with E-state index in [1.165, 1.54) is 11.1 Å². The Bertz CT molecular complexity index is 2830. The van der Waals surface area contributed by atoms with Crippen LogP contribution in [-0.4, -0.2) is 130 Å². The SMILES string of the molecule is CC=NCC(=O)CCCN(CCOCCOCCOC)c1cc(COc2cc3c(cc2C)C(=O)N2c4ccccc4C[C@H]2CN3C)cc(COc2cc3c(cc2OC)C(=O)N2c4ccccc4C[C@H]2CN3C)c1. The highest BCUT2D eigenvalue weighted by molar-refractivity contribution is 6.13. The minimum absolute atomic E-state index is 0.000414. The van der Waals surface area contributed by atoms with E-state index in [1.54, 1.807) is 26.5 Å². The quantitative estimate of drug-likeness (QED) is 0.0462. The molecule has 0 N–H and O–H groups in total. The van der Waals surface area contributed by atoms with Crippen molar-refractivity contribution >= 4 is 52.2 Å². The van der Waals surface area contributed by atoms with Crippen molar-refractivity contribution < 1.29 is 42.8 Å². The Kier molecular flexibility index (Phi) is 16.3. The molecule has 2 amide bonds. The molecule has 384 valence electrons. The van der Waals surface area contributed by atoms with Gasteiger partial charge in [0.05, 0.1) is 81.3 Å². The molecular formula is C58H68N6O9. The number of aliphatic imine (C=N–C) groups is 1. The molecule has 2 atom stereocenters. The van der Waals surface area contributed by atoms with Crippen LogP contribution < -0.4 is 38.7 Å². The van der Waals surface area contributed by atoms with E-state index in [2.05, 4.69) is 50.0 Å². The van der Waals surface area contributed by atoms with Gasteiger partial charge in [0, 0.05) is 83.0 Å². The van der Waals surface area contributed by atoms with Crippen LogP contribution in [0.15, 0.2) is 96.0 Å². The van der Waals surface area contributed by atoms with Crippen molar-refractivity contribution in [3.8, 4) is 17.2 Å². The van der Waals surface area contributed by atoms with Crippen molar-refractivity contribution in [3.05, 3.63) is 130 Å². The van der Waals surface area contributed by atoms with Gasteiger partial charge in [-0.15, -0.1) is 0 Å². The minimum atomic E-state index is -0.0620. The number of carbonyl (C=O) groups excluding carboxylic acids is 3. The van der Waals surface area contributed by atoms with Crippen molar-refractivity contribution in [3.63, 3.8) is 0 Å². The van der Waals surface area contributed by atoms with Gasteiger partial charge in [-0.05, 0) is 110 Å². The molecule has 0 aromatic heterocycles. The summed E-state index contributed by atoms with van der Waals surface area (Å²) in [5.74, 6) is 1.68. The van der Waals surface area contributed by atoms with Crippen molar-refractivity contribution in [2.75, 3.05) is 119 Å². The molecule has 0 saturated heterocycles. The molecular weight excluding hydrogens is 925 g/mol. The topological polar surface area (TPSA) is 135 Å². The van der Waals surface area contributed by atoms with Gasteiger partial charge in [0.1, 0.15) is 19.0 Å². The Morgan fingerprint density at radius 2 is 1.23 bits per heavy atom. The molecule has 0 saturated carbocycles. The number of rotatable bonds is 23. The molecule has 9 rings (SSSR count). The number of para-hydroxylation sites is 2.